The molecule has 0 aromatic heterocycles. The van der Waals surface area contributed by atoms with Crippen LogP contribution in [0.5, 0.6) is 0 Å². The molecule has 2 nitrogen and oxygen atoms in total. The molecule has 0 amide bonds. The Morgan fingerprint density at radius 2 is 1.90 bits per heavy atom. The lowest BCUT2D eigenvalue weighted by atomic mass is 10.2. The molecule has 2 N–H and O–H groups in total. The van der Waals surface area contributed by atoms with Crippen molar-refractivity contribution in [3.05, 3.63) is 53.3 Å². The highest BCUT2D eigenvalue weighted by Gasteiger charge is 2.14. The van der Waals surface area contributed by atoms with Crippen LogP contribution >= 0.6 is 11.6 Å². The summed E-state index contributed by atoms with van der Waals surface area (Å²) in [5.74, 6) is -0.489. The Kier molecular flexibility index (Phi) is 4.85. The maximum Gasteiger partial charge on any atom is 0.143 e. The Morgan fingerprint density at radius 1 is 1.20 bits per heavy atom. The summed E-state index contributed by atoms with van der Waals surface area (Å²) in [7, 11) is 0. The molecule has 0 spiro atoms. The fourth-order valence-electron chi connectivity index (χ4n) is 2.10. The summed E-state index contributed by atoms with van der Waals surface area (Å²) in [5.41, 5.74) is 8.12. The molecule has 4 heteroatoms. The Hall–Kier alpha value is -1.74. The first-order valence-corrected chi connectivity index (χ1v) is 7.08. The maximum atomic E-state index is 13.4. The van der Waals surface area contributed by atoms with E-state index in [4.69, 9.17) is 17.3 Å². The summed E-state index contributed by atoms with van der Waals surface area (Å²) < 4.78 is 13.4. The van der Waals surface area contributed by atoms with Gasteiger partial charge in [0.05, 0.1) is 16.4 Å². The van der Waals surface area contributed by atoms with Gasteiger partial charge in [0, 0.05) is 18.3 Å². The number of halogens is 2. The van der Waals surface area contributed by atoms with Gasteiger partial charge in [-0.05, 0) is 24.6 Å². The highest BCUT2D eigenvalue weighted by atomic mass is 35.5. The summed E-state index contributed by atoms with van der Waals surface area (Å²) >= 11 is 5.89. The molecule has 0 aliphatic heterocycles. The van der Waals surface area contributed by atoms with Gasteiger partial charge in [-0.1, -0.05) is 43.1 Å². The normalized spacial score (nSPS) is 10.6. The van der Waals surface area contributed by atoms with Crippen LogP contribution in [0, 0.1) is 5.82 Å². The average Bonchev–Trinajstić information content (AvgIpc) is 2.45. The zero-order chi connectivity index (χ0) is 14.5. The fraction of sp³-hybridized carbons (Fsp3) is 0.250. The zero-order valence-electron chi connectivity index (χ0n) is 11.4. The Labute approximate surface area is 124 Å². The Bertz CT molecular complexity index is 572. The number of unbranched alkanes of at least 4 members (excludes halogenated alkanes) is 1. The molecule has 2 aromatic rings. The van der Waals surface area contributed by atoms with E-state index in [0.717, 1.165) is 30.8 Å². The monoisotopic (exact) mass is 292 g/mol. The SMILES string of the molecule is CCCCN(c1ccccc1)c1cc(Cl)c(F)cc1N. The third kappa shape index (κ3) is 3.23. The molecule has 0 heterocycles. The third-order valence-electron chi connectivity index (χ3n) is 3.16. The second kappa shape index (κ2) is 6.62. The van der Waals surface area contributed by atoms with Crippen molar-refractivity contribution in [2.75, 3.05) is 17.2 Å². The standard InChI is InChI=1S/C16H18ClFN2/c1-2-3-9-20(12-7-5-4-6-8-12)16-10-13(17)14(18)11-15(16)19/h4-8,10-11H,2-3,9,19H2,1H3. The predicted octanol–water partition coefficient (Wildman–Crippen LogP) is 5.00. The molecule has 0 saturated heterocycles. The second-order valence-electron chi connectivity index (χ2n) is 4.67. The number of nitrogens with two attached hydrogens (primary N) is 1. The summed E-state index contributed by atoms with van der Waals surface area (Å²) in [6.45, 7) is 2.94. The van der Waals surface area contributed by atoms with Crippen molar-refractivity contribution in [3.8, 4) is 0 Å². The van der Waals surface area contributed by atoms with Gasteiger partial charge in [-0.3, -0.25) is 0 Å². The number of nitrogens with zero attached hydrogens (tertiary/aromatic N) is 1. The number of rotatable bonds is 5. The first kappa shape index (κ1) is 14.7. The molecule has 0 atom stereocenters. The molecule has 0 bridgehead atoms. The van der Waals surface area contributed by atoms with Gasteiger partial charge in [0.1, 0.15) is 5.82 Å². The van der Waals surface area contributed by atoms with E-state index < -0.39 is 5.82 Å². The lowest BCUT2D eigenvalue weighted by molar-refractivity contribution is 0.628. The smallest absolute Gasteiger partial charge is 0.143 e. The van der Waals surface area contributed by atoms with Crippen LogP contribution in [0.3, 0.4) is 0 Å². The predicted molar refractivity (Wildman–Crippen MR) is 84.2 cm³/mol. The van der Waals surface area contributed by atoms with Gasteiger partial charge in [-0.15, -0.1) is 0 Å². The lowest BCUT2D eigenvalue weighted by Gasteiger charge is -2.26. The number of hydrogen-bond acceptors (Lipinski definition) is 2. The Morgan fingerprint density at radius 3 is 2.55 bits per heavy atom. The van der Waals surface area contributed by atoms with Crippen molar-refractivity contribution in [2.45, 2.75) is 19.8 Å². The molecule has 0 radical (unpaired) electrons. The van der Waals surface area contributed by atoms with Crippen molar-refractivity contribution < 1.29 is 4.39 Å². The summed E-state index contributed by atoms with van der Waals surface area (Å²) in [5, 5.41) is 0.0895. The van der Waals surface area contributed by atoms with Crippen molar-refractivity contribution in [3.63, 3.8) is 0 Å². The highest BCUT2D eigenvalue weighted by molar-refractivity contribution is 6.31. The van der Waals surface area contributed by atoms with E-state index in [-0.39, 0.29) is 5.02 Å². The van der Waals surface area contributed by atoms with Crippen molar-refractivity contribution in [1.82, 2.24) is 0 Å². The molecule has 0 aliphatic rings. The van der Waals surface area contributed by atoms with Crippen LogP contribution in [0.25, 0.3) is 0 Å². The largest absolute Gasteiger partial charge is 0.397 e. The minimum atomic E-state index is -0.489. The highest BCUT2D eigenvalue weighted by Crippen LogP contribution is 2.34. The fourth-order valence-corrected chi connectivity index (χ4v) is 2.26. The van der Waals surface area contributed by atoms with Crippen LogP contribution in [0.4, 0.5) is 21.5 Å². The second-order valence-corrected chi connectivity index (χ2v) is 5.07. The average molecular weight is 293 g/mol. The molecule has 2 aromatic carbocycles. The topological polar surface area (TPSA) is 29.3 Å². The van der Waals surface area contributed by atoms with Crippen LogP contribution in [0.2, 0.25) is 5.02 Å². The van der Waals surface area contributed by atoms with Crippen LogP contribution < -0.4 is 10.6 Å². The van der Waals surface area contributed by atoms with Crippen LogP contribution in [-0.4, -0.2) is 6.54 Å². The minimum absolute atomic E-state index is 0.0895. The number of hydrogen-bond donors (Lipinski definition) is 1. The van der Waals surface area contributed by atoms with E-state index in [1.165, 1.54) is 6.07 Å². The first-order valence-electron chi connectivity index (χ1n) is 6.70. The molecule has 0 fully saturated rings. The van der Waals surface area contributed by atoms with Gasteiger partial charge >= 0.3 is 0 Å². The zero-order valence-corrected chi connectivity index (χ0v) is 12.2. The molecule has 0 unspecified atom stereocenters. The van der Waals surface area contributed by atoms with E-state index in [9.17, 15) is 4.39 Å². The molecule has 0 aliphatic carbocycles. The molecule has 0 saturated carbocycles. The maximum absolute atomic E-state index is 13.4. The van der Waals surface area contributed by atoms with Crippen molar-refractivity contribution in [1.29, 1.82) is 0 Å². The van der Waals surface area contributed by atoms with E-state index in [2.05, 4.69) is 11.8 Å². The van der Waals surface area contributed by atoms with Gasteiger partial charge in [-0.2, -0.15) is 0 Å². The van der Waals surface area contributed by atoms with Crippen LogP contribution in [-0.2, 0) is 0 Å². The minimum Gasteiger partial charge on any atom is -0.397 e. The molecular formula is C16H18ClFN2. The molecule has 106 valence electrons. The van der Waals surface area contributed by atoms with Crippen molar-refractivity contribution in [2.24, 2.45) is 0 Å². The van der Waals surface area contributed by atoms with Gasteiger partial charge in [-0.25, -0.2) is 4.39 Å². The van der Waals surface area contributed by atoms with E-state index in [1.807, 2.05) is 30.3 Å². The van der Waals surface area contributed by atoms with Gasteiger partial charge < -0.3 is 10.6 Å². The first-order chi connectivity index (χ1) is 9.63. The Balaban J connectivity index is 2.44. The summed E-state index contributed by atoms with van der Waals surface area (Å²) in [6, 6.07) is 12.8. The molecular weight excluding hydrogens is 275 g/mol. The van der Waals surface area contributed by atoms with Gasteiger partial charge in [0.15, 0.2) is 0 Å². The van der Waals surface area contributed by atoms with Gasteiger partial charge in [0.2, 0.25) is 0 Å². The summed E-state index contributed by atoms with van der Waals surface area (Å²) in [6.07, 6.45) is 2.08. The number of anilines is 3. The van der Waals surface area contributed by atoms with E-state index >= 15 is 0 Å². The summed E-state index contributed by atoms with van der Waals surface area (Å²) in [4.78, 5) is 2.07. The molecule has 20 heavy (non-hydrogen) atoms. The van der Waals surface area contributed by atoms with E-state index in [0.29, 0.717) is 5.69 Å². The third-order valence-corrected chi connectivity index (χ3v) is 3.45. The van der Waals surface area contributed by atoms with Gasteiger partial charge in [0.25, 0.3) is 0 Å². The van der Waals surface area contributed by atoms with E-state index in [1.54, 1.807) is 6.07 Å². The molecule has 2 rings (SSSR count). The quantitative estimate of drug-likeness (QED) is 0.786. The number of nitrogen functional groups attached to an aromatic ring is 1. The number of para-hydroxylation sites is 1. The lowest BCUT2D eigenvalue weighted by Crippen LogP contribution is -2.19. The van der Waals surface area contributed by atoms with Crippen molar-refractivity contribution >= 4 is 28.7 Å². The van der Waals surface area contributed by atoms with Crippen LogP contribution in [0.1, 0.15) is 19.8 Å². The number of benzene rings is 2. The van der Waals surface area contributed by atoms with Crippen LogP contribution in [0.15, 0.2) is 42.5 Å².